The molecule has 262 valence electrons. The minimum absolute atomic E-state index is 0.0174. The number of methoxy groups -OCH3 is 1. The maximum absolute atomic E-state index is 16.0. The number of rotatable bonds is 12. The number of ether oxygens (including phenoxy) is 1. The van der Waals surface area contributed by atoms with E-state index in [1.165, 1.54) is 43.5 Å². The Hall–Kier alpha value is -3.75. The number of benzene rings is 3. The Morgan fingerprint density at radius 1 is 1.08 bits per heavy atom. The number of hydrogen-bond donors (Lipinski definition) is 3. The van der Waals surface area contributed by atoms with Crippen molar-refractivity contribution in [3.63, 3.8) is 0 Å². The van der Waals surface area contributed by atoms with Crippen LogP contribution in [0.2, 0.25) is 10.0 Å². The molecule has 8 nitrogen and oxygen atoms in total. The molecule has 4 atom stereocenters. The number of halogens is 4. The van der Waals surface area contributed by atoms with E-state index in [1.54, 1.807) is 12.1 Å². The summed E-state index contributed by atoms with van der Waals surface area (Å²) in [6, 6.07) is 13.3. The number of nitrogens with one attached hydrogen (secondary N) is 3. The molecule has 1 saturated heterocycles. The molecular formula is C37H43Cl2F2N5O3. The number of amides is 2. The second kappa shape index (κ2) is 15.9. The number of nitriles is 1. The van der Waals surface area contributed by atoms with Gasteiger partial charge in [-0.3, -0.25) is 9.59 Å². The van der Waals surface area contributed by atoms with Gasteiger partial charge >= 0.3 is 0 Å². The fraction of sp³-hybridized carbons (Fsp3) is 0.432. The number of likely N-dealkylation sites (N-methyl/N-ethyl adjacent to an activating group) is 1. The van der Waals surface area contributed by atoms with Crippen molar-refractivity contribution in [2.45, 2.75) is 64.5 Å². The minimum atomic E-state index is -1.77. The van der Waals surface area contributed by atoms with Crippen LogP contribution >= 0.6 is 23.2 Å². The van der Waals surface area contributed by atoms with Crippen LogP contribution in [0.4, 0.5) is 14.5 Å². The lowest BCUT2D eigenvalue weighted by molar-refractivity contribution is -0.118. The molecule has 0 spiro atoms. The molecule has 1 fully saturated rings. The third kappa shape index (κ3) is 8.18. The van der Waals surface area contributed by atoms with Gasteiger partial charge in [0.25, 0.3) is 5.91 Å². The average molecular weight is 715 g/mol. The van der Waals surface area contributed by atoms with Crippen molar-refractivity contribution >= 4 is 40.7 Å². The van der Waals surface area contributed by atoms with Crippen LogP contribution in [-0.4, -0.2) is 62.1 Å². The lowest BCUT2D eigenvalue weighted by Crippen LogP contribution is -2.45. The molecule has 2 amide bonds. The number of carbonyl (C=O) groups excluding carboxylic acids is 2. The summed E-state index contributed by atoms with van der Waals surface area (Å²) in [6.07, 6.45) is 0.326. The number of carbonyl (C=O) groups is 2. The highest BCUT2D eigenvalue weighted by Gasteiger charge is 2.61. The largest absolute Gasteiger partial charge is 0.495 e. The summed E-state index contributed by atoms with van der Waals surface area (Å²) in [5.41, 5.74) is -1.62. The quantitative estimate of drug-likeness (QED) is 0.182. The molecule has 3 aromatic carbocycles. The van der Waals surface area contributed by atoms with Gasteiger partial charge < -0.3 is 25.6 Å². The van der Waals surface area contributed by atoms with Crippen LogP contribution in [0.5, 0.6) is 5.75 Å². The molecule has 3 aromatic rings. The first kappa shape index (κ1) is 38.1. The van der Waals surface area contributed by atoms with E-state index in [1.807, 2.05) is 20.8 Å². The molecular weight excluding hydrogens is 671 g/mol. The monoisotopic (exact) mass is 713 g/mol. The van der Waals surface area contributed by atoms with E-state index in [0.717, 1.165) is 19.2 Å². The second-order valence-electron chi connectivity index (χ2n) is 13.4. The predicted octanol–water partition coefficient (Wildman–Crippen LogP) is 7.31. The Morgan fingerprint density at radius 3 is 2.41 bits per heavy atom. The van der Waals surface area contributed by atoms with Gasteiger partial charge in [0.15, 0.2) is 0 Å². The van der Waals surface area contributed by atoms with E-state index in [9.17, 15) is 14.9 Å². The van der Waals surface area contributed by atoms with Crippen molar-refractivity contribution in [2.24, 2.45) is 5.41 Å². The van der Waals surface area contributed by atoms with Crippen LogP contribution in [0.1, 0.15) is 68.4 Å². The molecule has 0 bridgehead atoms. The third-order valence-corrected chi connectivity index (χ3v) is 9.59. The fourth-order valence-electron chi connectivity index (χ4n) is 6.67. The van der Waals surface area contributed by atoms with Crippen LogP contribution in [-0.2, 0) is 10.2 Å². The summed E-state index contributed by atoms with van der Waals surface area (Å²) in [5, 5.41) is 20.0. The van der Waals surface area contributed by atoms with E-state index in [4.69, 9.17) is 27.9 Å². The standard InChI is InChI=1S/C37H43Cl2F2N5O3/c1-7-46(8-2)17-16-43-34(47)22-12-15-28(29(18-22)49-6)44-35(48)33-31(24-10-9-11-26(39)32(24)41)37(21-42,30(45-33)20-36(3,4)5)25-14-13-23(38)19-27(25)40/h9-15,18-19,30-31,33,45H,7-8,16-17,20H2,1-6H3,(H,43,47)(H,44,48)/t30-,31-,33+,37-/m0/s1. The zero-order valence-corrected chi connectivity index (χ0v) is 30.1. The van der Waals surface area contributed by atoms with Gasteiger partial charge in [-0.15, -0.1) is 0 Å². The Labute approximate surface area is 297 Å². The van der Waals surface area contributed by atoms with Crippen LogP contribution in [0.3, 0.4) is 0 Å². The van der Waals surface area contributed by atoms with Gasteiger partial charge in [0.05, 0.1) is 29.9 Å². The van der Waals surface area contributed by atoms with Gasteiger partial charge in [0.2, 0.25) is 5.91 Å². The van der Waals surface area contributed by atoms with Crippen molar-refractivity contribution in [2.75, 3.05) is 38.6 Å². The molecule has 0 aliphatic carbocycles. The van der Waals surface area contributed by atoms with Gasteiger partial charge in [0, 0.05) is 41.2 Å². The van der Waals surface area contributed by atoms with Crippen LogP contribution in [0, 0.1) is 28.4 Å². The smallest absolute Gasteiger partial charge is 0.251 e. The topological polar surface area (TPSA) is 106 Å². The molecule has 4 rings (SSSR count). The zero-order valence-electron chi connectivity index (χ0n) is 28.6. The van der Waals surface area contributed by atoms with Gasteiger partial charge in [-0.1, -0.05) is 76.0 Å². The summed E-state index contributed by atoms with van der Waals surface area (Å²) in [5.74, 6) is -3.50. The highest BCUT2D eigenvalue weighted by Crippen LogP contribution is 2.53. The molecule has 49 heavy (non-hydrogen) atoms. The first-order valence-corrected chi connectivity index (χ1v) is 17.0. The van der Waals surface area contributed by atoms with Crippen molar-refractivity contribution in [3.8, 4) is 11.8 Å². The first-order valence-electron chi connectivity index (χ1n) is 16.3. The summed E-state index contributed by atoms with van der Waals surface area (Å²) < 4.78 is 37.4. The van der Waals surface area contributed by atoms with E-state index < -0.39 is 46.4 Å². The van der Waals surface area contributed by atoms with Crippen LogP contribution < -0.4 is 20.7 Å². The third-order valence-electron chi connectivity index (χ3n) is 9.06. The highest BCUT2D eigenvalue weighted by atomic mass is 35.5. The summed E-state index contributed by atoms with van der Waals surface area (Å²) >= 11 is 12.4. The summed E-state index contributed by atoms with van der Waals surface area (Å²) in [4.78, 5) is 29.4. The van der Waals surface area contributed by atoms with Crippen molar-refractivity contribution in [1.29, 1.82) is 5.26 Å². The van der Waals surface area contributed by atoms with E-state index in [2.05, 4.69) is 40.8 Å². The van der Waals surface area contributed by atoms with Crippen molar-refractivity contribution in [3.05, 3.63) is 93.0 Å². The molecule has 0 saturated carbocycles. The van der Waals surface area contributed by atoms with Gasteiger partial charge in [0.1, 0.15) is 22.8 Å². The molecule has 3 N–H and O–H groups in total. The van der Waals surface area contributed by atoms with Crippen LogP contribution in [0.25, 0.3) is 0 Å². The maximum Gasteiger partial charge on any atom is 0.251 e. The molecule has 1 aliphatic rings. The molecule has 0 radical (unpaired) electrons. The van der Waals surface area contributed by atoms with Crippen molar-refractivity contribution in [1.82, 2.24) is 15.5 Å². The Bertz CT molecular complexity index is 1720. The van der Waals surface area contributed by atoms with E-state index in [0.29, 0.717) is 25.1 Å². The van der Waals surface area contributed by atoms with Gasteiger partial charge in [-0.25, -0.2) is 8.78 Å². The lowest BCUT2D eigenvalue weighted by atomic mass is 9.62. The SMILES string of the molecule is CCN(CC)CCNC(=O)c1ccc(NC(=O)[C@@H]2N[C@@H](CC(C)(C)C)[C@](C#N)(c3ccc(Cl)cc3F)[C@H]2c2cccc(Cl)c2F)c(OC)c1. The highest BCUT2D eigenvalue weighted by molar-refractivity contribution is 6.31. The zero-order chi connectivity index (χ0) is 36.1. The molecule has 1 heterocycles. The van der Waals surface area contributed by atoms with Crippen LogP contribution in [0.15, 0.2) is 54.6 Å². The fourth-order valence-corrected chi connectivity index (χ4v) is 7.01. The summed E-state index contributed by atoms with van der Waals surface area (Å²) in [7, 11) is 1.41. The normalized spacial score (nSPS) is 20.6. The second-order valence-corrected chi connectivity index (χ2v) is 14.2. The molecule has 1 aliphatic heterocycles. The Kier molecular flexibility index (Phi) is 12.3. The molecule has 12 heteroatoms. The first-order chi connectivity index (χ1) is 23.2. The molecule has 0 unspecified atom stereocenters. The summed E-state index contributed by atoms with van der Waals surface area (Å²) in [6.45, 7) is 12.9. The van der Waals surface area contributed by atoms with E-state index >= 15 is 8.78 Å². The van der Waals surface area contributed by atoms with E-state index in [-0.39, 0.29) is 38.5 Å². The number of nitrogens with zero attached hydrogens (tertiary/aromatic N) is 2. The van der Waals surface area contributed by atoms with Crippen molar-refractivity contribution < 1.29 is 23.1 Å². The average Bonchev–Trinajstić information content (AvgIpc) is 3.37. The minimum Gasteiger partial charge on any atom is -0.495 e. The maximum atomic E-state index is 16.0. The Balaban J connectivity index is 1.77. The van der Waals surface area contributed by atoms with Gasteiger partial charge in [-0.2, -0.15) is 5.26 Å². The molecule has 0 aromatic heterocycles. The number of anilines is 1. The number of hydrogen-bond acceptors (Lipinski definition) is 6. The van der Waals surface area contributed by atoms with Gasteiger partial charge in [-0.05, 0) is 66.9 Å². The predicted molar refractivity (Wildman–Crippen MR) is 189 cm³/mol. The lowest BCUT2D eigenvalue weighted by Gasteiger charge is -2.37. The Morgan fingerprint density at radius 2 is 1.80 bits per heavy atom.